The molecular weight excluding hydrogens is 552 g/mol. The summed E-state index contributed by atoms with van der Waals surface area (Å²) in [7, 11) is -6.37. The van der Waals surface area contributed by atoms with Crippen molar-refractivity contribution < 1.29 is 26.7 Å². The van der Waals surface area contributed by atoms with Gasteiger partial charge in [-0.15, -0.1) is 0 Å². The molecule has 0 saturated heterocycles. The highest BCUT2D eigenvalue weighted by Crippen LogP contribution is 2.25. The number of hydrazone groups is 2. The minimum atomic E-state index is -4.33. The molecule has 0 aromatic heterocycles. The first-order valence-electron chi connectivity index (χ1n) is 10.9. The molecule has 0 heterocycles. The van der Waals surface area contributed by atoms with E-state index < -0.39 is 29.9 Å². The average molecular weight is 575 g/mol. The molecule has 0 atom stereocenters. The maximum absolute atomic E-state index is 13.2. The first kappa shape index (κ1) is 28.9. The van der Waals surface area contributed by atoms with E-state index in [0.29, 0.717) is 8.83 Å². The van der Waals surface area contributed by atoms with E-state index in [1.165, 1.54) is 67.6 Å². The van der Waals surface area contributed by atoms with E-state index in [9.17, 15) is 37.1 Å². The summed E-state index contributed by atoms with van der Waals surface area (Å²) < 4.78 is 53.8. The highest BCUT2D eigenvalue weighted by Gasteiger charge is 2.27. The highest BCUT2D eigenvalue weighted by atomic mass is 32.2. The van der Waals surface area contributed by atoms with Crippen molar-refractivity contribution in [3.05, 3.63) is 104 Å². The second-order valence-corrected chi connectivity index (χ2v) is 11.9. The maximum atomic E-state index is 13.2. The van der Waals surface area contributed by atoms with Crippen LogP contribution in [0.25, 0.3) is 0 Å². The van der Waals surface area contributed by atoms with Crippen LogP contribution in [0.3, 0.4) is 0 Å². The minimum absolute atomic E-state index is 0.199. The van der Waals surface area contributed by atoms with Crippen molar-refractivity contribution in [2.24, 2.45) is 10.2 Å². The lowest BCUT2D eigenvalue weighted by molar-refractivity contribution is -0.385. The summed E-state index contributed by atoms with van der Waals surface area (Å²) in [5, 5.41) is 29.6. The van der Waals surface area contributed by atoms with Crippen LogP contribution in [0.2, 0.25) is 0 Å². The molecule has 39 heavy (non-hydrogen) atoms. The summed E-state index contributed by atoms with van der Waals surface area (Å²) in [4.78, 5) is 20.0. The second-order valence-electron chi connectivity index (χ2n) is 8.00. The summed E-state index contributed by atoms with van der Waals surface area (Å²) in [6.07, 6.45) is 2.24. The summed E-state index contributed by atoms with van der Waals surface area (Å²) in [5.41, 5.74) is 0.406. The van der Waals surface area contributed by atoms with Gasteiger partial charge in [0.05, 0.1) is 32.1 Å². The molecule has 3 aromatic carbocycles. The van der Waals surface area contributed by atoms with Gasteiger partial charge in [-0.25, -0.2) is 0 Å². The Balaban J connectivity index is 1.89. The fourth-order valence-corrected chi connectivity index (χ4v) is 5.44. The normalized spacial score (nSPS) is 12.1. The molecule has 0 spiro atoms. The zero-order valence-corrected chi connectivity index (χ0v) is 22.4. The zero-order chi connectivity index (χ0) is 29.0. The van der Waals surface area contributed by atoms with E-state index in [1.54, 1.807) is 0 Å². The molecule has 0 aliphatic carbocycles. The average Bonchev–Trinajstić information content (AvgIpc) is 2.90. The van der Waals surface area contributed by atoms with Gasteiger partial charge >= 0.3 is 0 Å². The molecule has 16 heteroatoms. The molecule has 3 aromatic rings. The van der Waals surface area contributed by atoms with E-state index >= 15 is 0 Å². The Morgan fingerprint density at radius 3 is 1.64 bits per heavy atom. The smallest absolute Gasteiger partial charge is 0.258 e. The van der Waals surface area contributed by atoms with Gasteiger partial charge in [0.25, 0.3) is 31.4 Å². The third kappa shape index (κ3) is 6.60. The Labute approximate surface area is 223 Å². The van der Waals surface area contributed by atoms with Crippen molar-refractivity contribution in [1.82, 2.24) is 8.83 Å². The third-order valence-corrected chi connectivity index (χ3v) is 8.76. The predicted molar refractivity (Wildman–Crippen MR) is 142 cm³/mol. The van der Waals surface area contributed by atoms with Crippen LogP contribution in [0.4, 0.5) is 11.4 Å². The highest BCUT2D eigenvalue weighted by molar-refractivity contribution is 7.90. The van der Waals surface area contributed by atoms with Gasteiger partial charge < -0.3 is 0 Å². The van der Waals surface area contributed by atoms with Gasteiger partial charge in [-0.3, -0.25) is 20.2 Å². The number of hydrogen-bond donors (Lipinski definition) is 0. The van der Waals surface area contributed by atoms with Crippen LogP contribution in [-0.4, -0.2) is 62.0 Å². The van der Waals surface area contributed by atoms with Crippen LogP contribution in [0.15, 0.2) is 86.7 Å². The molecule has 0 amide bonds. The molecule has 0 bridgehead atoms. The number of aryl methyl sites for hydroxylation is 1. The fourth-order valence-electron chi connectivity index (χ4n) is 3.17. The second kappa shape index (κ2) is 11.4. The van der Waals surface area contributed by atoms with Crippen LogP contribution in [0, 0.1) is 27.2 Å². The third-order valence-electron chi connectivity index (χ3n) is 5.33. The minimum Gasteiger partial charge on any atom is -0.258 e. The molecule has 0 fully saturated rings. The first-order chi connectivity index (χ1) is 18.2. The molecule has 0 N–H and O–H groups in total. The molecule has 14 nitrogen and oxygen atoms in total. The lowest BCUT2D eigenvalue weighted by Crippen LogP contribution is -2.25. The molecule has 204 valence electrons. The fraction of sp³-hybridized carbons (Fsp3) is 0.130. The van der Waals surface area contributed by atoms with Gasteiger partial charge in [0, 0.05) is 49.5 Å². The number of hydrogen-bond acceptors (Lipinski definition) is 10. The molecule has 0 radical (unpaired) electrons. The largest absolute Gasteiger partial charge is 0.279 e. The summed E-state index contributed by atoms with van der Waals surface area (Å²) in [5.74, 6) is 0. The summed E-state index contributed by atoms with van der Waals surface area (Å²) >= 11 is 0. The number of nitrogens with zero attached hydrogens (tertiary/aromatic N) is 6. The van der Waals surface area contributed by atoms with Crippen LogP contribution >= 0.6 is 0 Å². The van der Waals surface area contributed by atoms with Crippen LogP contribution in [0.1, 0.15) is 16.7 Å². The van der Waals surface area contributed by atoms with Gasteiger partial charge in [0.15, 0.2) is 0 Å². The topological polar surface area (TPSA) is 186 Å². The van der Waals surface area contributed by atoms with Gasteiger partial charge in [0.1, 0.15) is 0 Å². The van der Waals surface area contributed by atoms with Crippen molar-refractivity contribution in [3.63, 3.8) is 0 Å². The molecule has 0 saturated carbocycles. The van der Waals surface area contributed by atoms with E-state index in [1.807, 2.05) is 0 Å². The van der Waals surface area contributed by atoms with Crippen LogP contribution in [0.5, 0.6) is 0 Å². The van der Waals surface area contributed by atoms with Crippen molar-refractivity contribution >= 4 is 43.9 Å². The van der Waals surface area contributed by atoms with Gasteiger partial charge in [-0.05, 0) is 24.6 Å². The molecule has 0 aliphatic rings. The molecule has 0 unspecified atom stereocenters. The Kier molecular flexibility index (Phi) is 8.41. The number of rotatable bonds is 10. The Hall–Kier alpha value is -4.70. The van der Waals surface area contributed by atoms with Gasteiger partial charge in [-0.2, -0.15) is 35.9 Å². The lowest BCUT2D eigenvalue weighted by atomic mass is 10.2. The zero-order valence-electron chi connectivity index (χ0n) is 20.8. The number of nitro benzene ring substituents is 2. The van der Waals surface area contributed by atoms with Crippen molar-refractivity contribution in [1.29, 1.82) is 0 Å². The van der Waals surface area contributed by atoms with Crippen molar-refractivity contribution in [2.45, 2.75) is 16.7 Å². The van der Waals surface area contributed by atoms with E-state index in [2.05, 4.69) is 10.2 Å². The van der Waals surface area contributed by atoms with E-state index in [0.717, 1.165) is 32.6 Å². The van der Waals surface area contributed by atoms with Gasteiger partial charge in [-0.1, -0.05) is 30.3 Å². The lowest BCUT2D eigenvalue weighted by Gasteiger charge is -2.18. The molecule has 3 rings (SSSR count). The standard InChI is InChI=1S/C23H22N6O8S2/c1-17-10-11-22(38(34,35)26(2)24-15-18-6-4-8-20(12-18)28(30)31)14-23(17)39(36,37)27(3)25-16-19-7-5-9-21(13-19)29(32)33/h4-16H,1-3H3. The SMILES string of the molecule is Cc1ccc(S(=O)(=O)N(C)N=Cc2cccc([N+](=O)[O-])c2)cc1S(=O)(=O)N(C)N=Cc1cccc([N+](=O)[O-])c1. The first-order valence-corrected chi connectivity index (χ1v) is 13.8. The number of non-ortho nitro benzene ring substituents is 2. The van der Waals surface area contributed by atoms with Crippen LogP contribution < -0.4 is 0 Å². The van der Waals surface area contributed by atoms with E-state index in [-0.39, 0.29) is 37.9 Å². The molecule has 0 aliphatic heterocycles. The Morgan fingerprint density at radius 2 is 1.18 bits per heavy atom. The maximum Gasteiger partial charge on any atom is 0.279 e. The molecular formula is C23H22N6O8S2. The number of sulfonamides is 2. The quantitative estimate of drug-likeness (QED) is 0.201. The van der Waals surface area contributed by atoms with Crippen molar-refractivity contribution in [2.75, 3.05) is 14.1 Å². The van der Waals surface area contributed by atoms with E-state index in [4.69, 9.17) is 0 Å². The summed E-state index contributed by atoms with van der Waals surface area (Å²) in [6, 6.07) is 14.3. The van der Waals surface area contributed by atoms with Gasteiger partial charge in [0.2, 0.25) is 0 Å². The number of nitro groups is 2. The number of benzene rings is 3. The van der Waals surface area contributed by atoms with Crippen molar-refractivity contribution in [3.8, 4) is 0 Å². The Morgan fingerprint density at radius 1 is 0.718 bits per heavy atom. The monoisotopic (exact) mass is 574 g/mol. The summed E-state index contributed by atoms with van der Waals surface area (Å²) in [6.45, 7) is 1.48. The predicted octanol–water partition coefficient (Wildman–Crippen LogP) is 3.12. The van der Waals surface area contributed by atoms with Crippen LogP contribution in [-0.2, 0) is 20.0 Å². The Bertz CT molecular complexity index is 1700.